The van der Waals surface area contributed by atoms with Crippen molar-refractivity contribution in [3.05, 3.63) is 23.8 Å². The highest BCUT2D eigenvalue weighted by molar-refractivity contribution is 5.83. The van der Waals surface area contributed by atoms with Crippen molar-refractivity contribution in [3.8, 4) is 11.8 Å². The van der Waals surface area contributed by atoms with Crippen LogP contribution in [0.1, 0.15) is 32.3 Å². The molecule has 0 saturated heterocycles. The van der Waals surface area contributed by atoms with Gasteiger partial charge in [-0.05, 0) is 25.5 Å². The monoisotopic (exact) mass is 262 g/mol. The van der Waals surface area contributed by atoms with Gasteiger partial charge in [0.1, 0.15) is 17.4 Å². The maximum Gasteiger partial charge on any atom is 0.329 e. The Morgan fingerprint density at radius 3 is 2.74 bits per heavy atom. The second kappa shape index (κ2) is 6.10. The minimum Gasteiger partial charge on any atom is -0.497 e. The van der Waals surface area contributed by atoms with Crippen LogP contribution in [0.15, 0.2) is 18.2 Å². The number of carbonyl (C=O) groups is 1. The van der Waals surface area contributed by atoms with Crippen molar-refractivity contribution in [1.82, 2.24) is 0 Å². The van der Waals surface area contributed by atoms with Gasteiger partial charge in [0.05, 0.1) is 18.4 Å². The van der Waals surface area contributed by atoms with E-state index in [-0.39, 0.29) is 0 Å². The summed E-state index contributed by atoms with van der Waals surface area (Å²) in [4.78, 5) is 11.4. The third-order valence-electron chi connectivity index (χ3n) is 2.98. The van der Waals surface area contributed by atoms with Crippen LogP contribution in [0.4, 0.5) is 5.69 Å². The minimum absolute atomic E-state index is 0.393. The molecule has 19 heavy (non-hydrogen) atoms. The number of nitriles is 1. The standard InChI is InChI=1S/C14H18N2O3/c1-4-7-14(2,13(17)18)16-12-8-11(19-3)6-5-10(12)9-15/h5-6,8,16H,4,7H2,1-3H3,(H,17,18). The van der Waals surface area contributed by atoms with Crippen molar-refractivity contribution in [3.63, 3.8) is 0 Å². The second-order valence-electron chi connectivity index (χ2n) is 4.54. The number of carboxylic acid groups (broad SMARTS) is 1. The van der Waals surface area contributed by atoms with Crippen LogP contribution in [0.5, 0.6) is 5.75 Å². The van der Waals surface area contributed by atoms with Gasteiger partial charge in [0.15, 0.2) is 0 Å². The van der Waals surface area contributed by atoms with Crippen LogP contribution in [0.2, 0.25) is 0 Å². The van der Waals surface area contributed by atoms with E-state index in [0.29, 0.717) is 23.4 Å². The van der Waals surface area contributed by atoms with Gasteiger partial charge < -0.3 is 15.2 Å². The van der Waals surface area contributed by atoms with E-state index < -0.39 is 11.5 Å². The Morgan fingerprint density at radius 1 is 1.58 bits per heavy atom. The second-order valence-corrected chi connectivity index (χ2v) is 4.54. The third-order valence-corrected chi connectivity index (χ3v) is 2.98. The predicted molar refractivity (Wildman–Crippen MR) is 72.3 cm³/mol. The first-order valence-corrected chi connectivity index (χ1v) is 6.06. The number of ether oxygens (including phenoxy) is 1. The SMILES string of the molecule is CCCC(C)(Nc1cc(OC)ccc1C#N)C(=O)O. The summed E-state index contributed by atoms with van der Waals surface area (Å²) in [6, 6.07) is 6.95. The molecule has 0 aliphatic carbocycles. The molecule has 5 nitrogen and oxygen atoms in total. The highest BCUT2D eigenvalue weighted by Crippen LogP contribution is 2.27. The van der Waals surface area contributed by atoms with Crippen LogP contribution in [0.25, 0.3) is 0 Å². The molecule has 102 valence electrons. The van der Waals surface area contributed by atoms with Gasteiger partial charge in [0.2, 0.25) is 0 Å². The van der Waals surface area contributed by atoms with Crippen LogP contribution >= 0.6 is 0 Å². The Kier molecular flexibility index (Phi) is 4.76. The number of hydrogen-bond donors (Lipinski definition) is 2. The average molecular weight is 262 g/mol. The lowest BCUT2D eigenvalue weighted by molar-refractivity contribution is -0.141. The Bertz CT molecular complexity index is 508. The number of methoxy groups -OCH3 is 1. The first-order chi connectivity index (χ1) is 8.96. The summed E-state index contributed by atoms with van der Waals surface area (Å²) in [5.74, 6) is -0.369. The average Bonchev–Trinajstić information content (AvgIpc) is 2.38. The van der Waals surface area contributed by atoms with Crippen molar-refractivity contribution in [2.24, 2.45) is 0 Å². The van der Waals surface area contributed by atoms with E-state index in [0.717, 1.165) is 6.42 Å². The number of aliphatic carboxylic acids is 1. The number of nitrogens with zero attached hydrogens (tertiary/aromatic N) is 1. The molecule has 5 heteroatoms. The lowest BCUT2D eigenvalue weighted by atomic mass is 9.95. The van der Waals surface area contributed by atoms with Crippen molar-refractivity contribution in [1.29, 1.82) is 5.26 Å². The van der Waals surface area contributed by atoms with Gasteiger partial charge in [0, 0.05) is 6.07 Å². The molecule has 0 saturated carbocycles. The van der Waals surface area contributed by atoms with Crippen molar-refractivity contribution in [2.45, 2.75) is 32.2 Å². The van der Waals surface area contributed by atoms with Crippen LogP contribution in [0, 0.1) is 11.3 Å². The third kappa shape index (κ3) is 3.38. The molecule has 0 amide bonds. The number of hydrogen-bond acceptors (Lipinski definition) is 4. The van der Waals surface area contributed by atoms with E-state index in [1.807, 2.05) is 13.0 Å². The van der Waals surface area contributed by atoms with Crippen LogP contribution < -0.4 is 10.1 Å². The maximum absolute atomic E-state index is 11.4. The fourth-order valence-corrected chi connectivity index (χ4v) is 1.87. The van der Waals surface area contributed by atoms with E-state index in [1.54, 1.807) is 25.1 Å². The molecule has 1 rings (SSSR count). The molecule has 0 spiro atoms. The van der Waals surface area contributed by atoms with Crippen molar-refractivity contribution < 1.29 is 14.6 Å². The molecule has 1 atom stereocenters. The number of nitrogens with one attached hydrogen (secondary N) is 1. The van der Waals surface area contributed by atoms with Crippen LogP contribution in [-0.4, -0.2) is 23.7 Å². The topological polar surface area (TPSA) is 82.3 Å². The molecule has 0 heterocycles. The Balaban J connectivity index is 3.15. The lowest BCUT2D eigenvalue weighted by Crippen LogP contribution is -2.43. The normalized spacial score (nSPS) is 13.2. The fourth-order valence-electron chi connectivity index (χ4n) is 1.87. The zero-order valence-electron chi connectivity index (χ0n) is 11.4. The molecule has 1 aromatic carbocycles. The molecular formula is C14H18N2O3. The van der Waals surface area contributed by atoms with Crippen LogP contribution in [-0.2, 0) is 4.79 Å². The van der Waals surface area contributed by atoms with Crippen molar-refractivity contribution in [2.75, 3.05) is 12.4 Å². The molecule has 0 aliphatic heterocycles. The minimum atomic E-state index is -1.10. The first-order valence-electron chi connectivity index (χ1n) is 6.06. The smallest absolute Gasteiger partial charge is 0.329 e. The first kappa shape index (κ1) is 14.8. The number of rotatable bonds is 6. The molecule has 0 aromatic heterocycles. The number of carboxylic acids is 1. The Labute approximate surface area is 112 Å². The zero-order chi connectivity index (χ0) is 14.5. The summed E-state index contributed by atoms with van der Waals surface area (Å²) in [5, 5.41) is 21.4. The molecule has 1 unspecified atom stereocenters. The van der Waals surface area contributed by atoms with Crippen molar-refractivity contribution >= 4 is 11.7 Å². The van der Waals surface area contributed by atoms with E-state index in [9.17, 15) is 9.90 Å². The van der Waals surface area contributed by atoms with Gasteiger partial charge in [-0.2, -0.15) is 5.26 Å². The van der Waals surface area contributed by atoms with Crippen LogP contribution in [0.3, 0.4) is 0 Å². The zero-order valence-corrected chi connectivity index (χ0v) is 11.4. The van der Waals surface area contributed by atoms with Gasteiger partial charge in [0.25, 0.3) is 0 Å². The van der Waals surface area contributed by atoms with E-state index in [2.05, 4.69) is 5.32 Å². The highest BCUT2D eigenvalue weighted by atomic mass is 16.5. The van der Waals surface area contributed by atoms with E-state index >= 15 is 0 Å². The van der Waals surface area contributed by atoms with Gasteiger partial charge in [-0.25, -0.2) is 4.79 Å². The summed E-state index contributed by atoms with van der Waals surface area (Å²) >= 11 is 0. The van der Waals surface area contributed by atoms with Gasteiger partial charge >= 0.3 is 5.97 Å². The van der Waals surface area contributed by atoms with Gasteiger partial charge in [-0.15, -0.1) is 0 Å². The molecule has 0 bridgehead atoms. The lowest BCUT2D eigenvalue weighted by Gasteiger charge is -2.27. The Morgan fingerprint density at radius 2 is 2.26 bits per heavy atom. The van der Waals surface area contributed by atoms with Gasteiger partial charge in [-0.3, -0.25) is 0 Å². The summed E-state index contributed by atoms with van der Waals surface area (Å²) in [6.07, 6.45) is 1.19. The maximum atomic E-state index is 11.4. The fraction of sp³-hybridized carbons (Fsp3) is 0.429. The Hall–Kier alpha value is -2.22. The quantitative estimate of drug-likeness (QED) is 0.823. The molecular weight excluding hydrogens is 244 g/mol. The highest BCUT2D eigenvalue weighted by Gasteiger charge is 2.32. The summed E-state index contributed by atoms with van der Waals surface area (Å²) in [6.45, 7) is 3.53. The van der Waals surface area contributed by atoms with E-state index in [1.165, 1.54) is 7.11 Å². The molecule has 2 N–H and O–H groups in total. The summed E-state index contributed by atoms with van der Waals surface area (Å²) < 4.78 is 5.09. The van der Waals surface area contributed by atoms with E-state index in [4.69, 9.17) is 10.00 Å². The molecule has 0 fully saturated rings. The predicted octanol–water partition coefficient (Wildman–Crippen LogP) is 2.62. The molecule has 1 aromatic rings. The largest absolute Gasteiger partial charge is 0.497 e. The number of benzene rings is 1. The summed E-state index contributed by atoms with van der Waals surface area (Å²) in [7, 11) is 1.52. The summed E-state index contributed by atoms with van der Waals surface area (Å²) in [5.41, 5.74) is -0.239. The molecule has 0 aliphatic rings. The number of anilines is 1. The van der Waals surface area contributed by atoms with Gasteiger partial charge in [-0.1, -0.05) is 13.3 Å². The molecule has 0 radical (unpaired) electrons.